The lowest BCUT2D eigenvalue weighted by Gasteiger charge is -2.19. The maximum Gasteiger partial charge on any atom is 0.124 e. The Hall–Kier alpha value is 0.500. The number of hydrogen-bond donors (Lipinski definition) is 1. The van der Waals surface area contributed by atoms with Gasteiger partial charge in [0.1, 0.15) is 5.82 Å². The lowest BCUT2D eigenvalue weighted by atomic mass is 10.1. The molecule has 2 aromatic rings. The Labute approximate surface area is 152 Å². The standard InChI is InChI=1S/C14H13Br2FINS/c1-2-5-19-13(12-7-10(15)14(16)20-12)9-4-3-8(17)6-11(9)18/h3-4,6-7,13,19H,2,5H2,1H3. The van der Waals surface area contributed by atoms with Crippen LogP contribution in [0.15, 0.2) is 32.5 Å². The van der Waals surface area contributed by atoms with Crippen molar-refractivity contribution in [3.63, 3.8) is 0 Å². The van der Waals surface area contributed by atoms with Crippen molar-refractivity contribution in [1.82, 2.24) is 5.32 Å². The number of rotatable bonds is 5. The van der Waals surface area contributed by atoms with Crippen LogP contribution >= 0.6 is 65.8 Å². The van der Waals surface area contributed by atoms with Crippen LogP contribution in [0.2, 0.25) is 0 Å². The van der Waals surface area contributed by atoms with Crippen LogP contribution in [0.4, 0.5) is 4.39 Å². The summed E-state index contributed by atoms with van der Waals surface area (Å²) in [4.78, 5) is 1.21. The molecule has 0 saturated carbocycles. The summed E-state index contributed by atoms with van der Waals surface area (Å²) in [7, 11) is 0. The van der Waals surface area contributed by atoms with Crippen LogP contribution in [-0.4, -0.2) is 6.54 Å². The average molecular weight is 533 g/mol. The van der Waals surface area contributed by atoms with E-state index in [1.807, 2.05) is 6.07 Å². The van der Waals surface area contributed by atoms with E-state index in [0.717, 1.165) is 30.4 Å². The summed E-state index contributed by atoms with van der Waals surface area (Å²) < 4.78 is 16.4. The summed E-state index contributed by atoms with van der Waals surface area (Å²) in [6, 6.07) is 7.17. The van der Waals surface area contributed by atoms with Crippen molar-refractivity contribution in [1.29, 1.82) is 0 Å². The van der Waals surface area contributed by atoms with Crippen LogP contribution in [0.5, 0.6) is 0 Å². The first-order valence-corrected chi connectivity index (χ1v) is 9.64. The third-order valence-electron chi connectivity index (χ3n) is 2.82. The van der Waals surface area contributed by atoms with Crippen LogP contribution < -0.4 is 5.32 Å². The molecule has 0 fully saturated rings. The Morgan fingerprint density at radius 2 is 2.10 bits per heavy atom. The van der Waals surface area contributed by atoms with E-state index >= 15 is 0 Å². The summed E-state index contributed by atoms with van der Waals surface area (Å²) in [6.45, 7) is 3.06. The van der Waals surface area contributed by atoms with Crippen LogP contribution in [0.3, 0.4) is 0 Å². The van der Waals surface area contributed by atoms with E-state index < -0.39 is 0 Å². The van der Waals surface area contributed by atoms with Crippen molar-refractivity contribution < 1.29 is 4.39 Å². The van der Waals surface area contributed by atoms with Gasteiger partial charge in [0.15, 0.2) is 0 Å². The van der Waals surface area contributed by atoms with Crippen LogP contribution in [-0.2, 0) is 0 Å². The Balaban J connectivity index is 2.41. The zero-order valence-corrected chi connectivity index (χ0v) is 16.9. The molecule has 6 heteroatoms. The van der Waals surface area contributed by atoms with E-state index in [1.165, 1.54) is 10.9 Å². The molecule has 1 atom stereocenters. The lowest BCUT2D eigenvalue weighted by molar-refractivity contribution is 0.596. The van der Waals surface area contributed by atoms with Crippen molar-refractivity contribution in [3.8, 4) is 0 Å². The highest BCUT2D eigenvalue weighted by Crippen LogP contribution is 2.38. The van der Waals surface area contributed by atoms with E-state index in [4.69, 9.17) is 0 Å². The van der Waals surface area contributed by atoms with Gasteiger partial charge in [-0.1, -0.05) is 13.0 Å². The summed E-state index contributed by atoms with van der Waals surface area (Å²) >= 11 is 11.0. The molecule has 1 unspecified atom stereocenters. The van der Waals surface area contributed by atoms with Crippen molar-refractivity contribution in [2.75, 3.05) is 6.54 Å². The minimum absolute atomic E-state index is 0.0926. The van der Waals surface area contributed by atoms with Crippen LogP contribution in [0.1, 0.15) is 29.8 Å². The van der Waals surface area contributed by atoms with Gasteiger partial charge in [0.05, 0.1) is 9.83 Å². The quantitative estimate of drug-likeness (QED) is 0.458. The fourth-order valence-corrected chi connectivity index (χ4v) is 4.87. The molecular weight excluding hydrogens is 520 g/mol. The Morgan fingerprint density at radius 1 is 1.35 bits per heavy atom. The number of benzene rings is 1. The van der Waals surface area contributed by atoms with Crippen LogP contribution in [0, 0.1) is 9.39 Å². The molecule has 2 rings (SSSR count). The highest BCUT2D eigenvalue weighted by atomic mass is 127. The second kappa shape index (κ2) is 7.67. The summed E-state index contributed by atoms with van der Waals surface area (Å²) in [5.74, 6) is -0.194. The minimum atomic E-state index is -0.194. The molecule has 108 valence electrons. The summed E-state index contributed by atoms with van der Waals surface area (Å²) in [6.07, 6.45) is 1.06. The normalized spacial score (nSPS) is 12.7. The molecular formula is C14H13Br2FINS. The van der Waals surface area contributed by atoms with E-state index in [2.05, 4.69) is 72.8 Å². The molecule has 1 heterocycles. The van der Waals surface area contributed by atoms with Gasteiger partial charge in [-0.15, -0.1) is 11.3 Å². The van der Waals surface area contributed by atoms with Crippen molar-refractivity contribution in [2.24, 2.45) is 0 Å². The molecule has 0 bridgehead atoms. The first-order chi connectivity index (χ1) is 9.52. The van der Waals surface area contributed by atoms with E-state index in [-0.39, 0.29) is 11.9 Å². The first kappa shape index (κ1) is 16.9. The topological polar surface area (TPSA) is 12.0 Å². The molecule has 0 aliphatic carbocycles. The van der Waals surface area contributed by atoms with Gasteiger partial charge in [-0.25, -0.2) is 4.39 Å². The average Bonchev–Trinajstić information content (AvgIpc) is 2.72. The highest BCUT2D eigenvalue weighted by Gasteiger charge is 2.19. The Kier molecular flexibility index (Phi) is 6.47. The molecule has 1 N–H and O–H groups in total. The van der Waals surface area contributed by atoms with E-state index in [1.54, 1.807) is 17.4 Å². The molecule has 0 saturated heterocycles. The molecule has 1 aromatic heterocycles. The summed E-state index contributed by atoms with van der Waals surface area (Å²) in [5.41, 5.74) is 1.11. The van der Waals surface area contributed by atoms with Gasteiger partial charge < -0.3 is 5.32 Å². The maximum absolute atomic E-state index is 13.3. The molecule has 0 amide bonds. The number of thiophene rings is 1. The third kappa shape index (κ3) is 4.03. The Morgan fingerprint density at radius 3 is 2.65 bits per heavy atom. The monoisotopic (exact) mass is 531 g/mol. The lowest BCUT2D eigenvalue weighted by Crippen LogP contribution is -2.23. The first-order valence-electron chi connectivity index (χ1n) is 6.16. The number of nitrogens with one attached hydrogen (secondary N) is 1. The van der Waals surface area contributed by atoms with Gasteiger partial charge in [0, 0.05) is 12.9 Å². The molecule has 0 spiro atoms. The van der Waals surface area contributed by atoms with Gasteiger partial charge >= 0.3 is 0 Å². The smallest absolute Gasteiger partial charge is 0.124 e. The molecule has 1 aromatic carbocycles. The highest BCUT2D eigenvalue weighted by molar-refractivity contribution is 14.1. The van der Waals surface area contributed by atoms with Gasteiger partial charge in [-0.3, -0.25) is 0 Å². The molecule has 0 radical (unpaired) electrons. The van der Waals surface area contributed by atoms with Gasteiger partial charge in [0.2, 0.25) is 0 Å². The predicted molar refractivity (Wildman–Crippen MR) is 99.0 cm³/mol. The van der Waals surface area contributed by atoms with Gasteiger partial charge in [-0.05, 0) is 91.2 Å². The van der Waals surface area contributed by atoms with E-state index in [9.17, 15) is 4.39 Å². The van der Waals surface area contributed by atoms with Gasteiger partial charge in [-0.2, -0.15) is 0 Å². The fourth-order valence-electron chi connectivity index (χ4n) is 1.89. The largest absolute Gasteiger partial charge is 0.306 e. The van der Waals surface area contributed by atoms with Crippen molar-refractivity contribution in [3.05, 3.63) is 52.4 Å². The van der Waals surface area contributed by atoms with Gasteiger partial charge in [0.25, 0.3) is 0 Å². The minimum Gasteiger partial charge on any atom is -0.306 e. The SMILES string of the molecule is CCCNC(c1cc(Br)c(Br)s1)c1ccc(F)cc1I. The fraction of sp³-hybridized carbons (Fsp3) is 0.286. The second-order valence-corrected chi connectivity index (χ2v) is 8.74. The Bertz CT molecular complexity index is 583. The van der Waals surface area contributed by atoms with Crippen molar-refractivity contribution >= 4 is 65.8 Å². The molecule has 0 aliphatic heterocycles. The second-order valence-electron chi connectivity index (χ2n) is 4.32. The molecule has 1 nitrogen and oxygen atoms in total. The number of halogens is 4. The van der Waals surface area contributed by atoms with Crippen LogP contribution in [0.25, 0.3) is 0 Å². The molecule has 0 aliphatic rings. The maximum atomic E-state index is 13.3. The molecule has 20 heavy (non-hydrogen) atoms. The third-order valence-corrected chi connectivity index (χ3v) is 7.08. The zero-order valence-electron chi connectivity index (χ0n) is 10.7. The predicted octanol–water partition coefficient (Wildman–Crippen LogP) is 6.11. The van der Waals surface area contributed by atoms with Crippen molar-refractivity contribution in [2.45, 2.75) is 19.4 Å². The number of hydrogen-bond acceptors (Lipinski definition) is 2. The zero-order chi connectivity index (χ0) is 14.7. The van der Waals surface area contributed by atoms with E-state index in [0.29, 0.717) is 0 Å². The summed E-state index contributed by atoms with van der Waals surface area (Å²) in [5, 5.41) is 3.54.